The molecule has 0 atom stereocenters. The number of ether oxygens (including phenoxy) is 10. The van der Waals surface area contributed by atoms with Gasteiger partial charge in [0.15, 0.2) is 0 Å². The average Bonchev–Trinajstić information content (AvgIpc) is 2.99. The SMILES string of the molecule is CCCSCCC.OCCOCCOCCOCCOCCOCCOCCOCCOCCOCCOCCO. The summed E-state index contributed by atoms with van der Waals surface area (Å²) in [4.78, 5) is 0. The van der Waals surface area contributed by atoms with Gasteiger partial charge in [0.25, 0.3) is 0 Å². The Hall–Kier alpha value is -0.130. The summed E-state index contributed by atoms with van der Waals surface area (Å²) in [6.07, 6.45) is 2.65. The van der Waals surface area contributed by atoms with Gasteiger partial charge in [0.1, 0.15) is 0 Å². The molecule has 2 N–H and O–H groups in total. The van der Waals surface area contributed by atoms with E-state index in [0.717, 1.165) is 0 Å². The Morgan fingerprint density at radius 2 is 0.488 bits per heavy atom. The molecule has 12 nitrogen and oxygen atoms in total. The highest BCUT2D eigenvalue weighted by Crippen LogP contribution is 2.02. The maximum absolute atomic E-state index is 8.54. The number of rotatable bonds is 35. The first-order valence-corrected chi connectivity index (χ1v) is 16.1. The van der Waals surface area contributed by atoms with Crippen LogP contribution in [0.15, 0.2) is 0 Å². The van der Waals surface area contributed by atoms with Crippen molar-refractivity contribution in [2.24, 2.45) is 0 Å². The summed E-state index contributed by atoms with van der Waals surface area (Å²) in [6, 6.07) is 0. The van der Waals surface area contributed by atoms with Crippen LogP contribution < -0.4 is 0 Å². The molecular formula is C28H60O12S. The summed E-state index contributed by atoms with van der Waals surface area (Å²) in [5.74, 6) is 2.68. The van der Waals surface area contributed by atoms with Gasteiger partial charge in [-0.2, -0.15) is 11.8 Å². The van der Waals surface area contributed by atoms with Crippen molar-refractivity contribution in [3.05, 3.63) is 0 Å². The Balaban J connectivity index is 0. The van der Waals surface area contributed by atoms with Crippen molar-refractivity contribution in [2.75, 3.05) is 157 Å². The Morgan fingerprint density at radius 1 is 0.317 bits per heavy atom. The van der Waals surface area contributed by atoms with E-state index in [4.69, 9.17) is 57.6 Å². The molecule has 0 heterocycles. The van der Waals surface area contributed by atoms with E-state index >= 15 is 0 Å². The number of hydrogen-bond acceptors (Lipinski definition) is 13. The van der Waals surface area contributed by atoms with E-state index < -0.39 is 0 Å². The van der Waals surface area contributed by atoms with E-state index in [9.17, 15) is 0 Å². The Kier molecular flexibility index (Phi) is 46.5. The molecule has 0 rings (SSSR count). The summed E-state index contributed by atoms with van der Waals surface area (Å²) in [7, 11) is 0. The van der Waals surface area contributed by atoms with Crippen molar-refractivity contribution >= 4 is 11.8 Å². The third-order valence-electron chi connectivity index (χ3n) is 4.52. The lowest BCUT2D eigenvalue weighted by Gasteiger charge is -2.09. The second-order valence-electron chi connectivity index (χ2n) is 8.18. The summed E-state index contributed by atoms with van der Waals surface area (Å²) < 4.78 is 53.2. The summed E-state index contributed by atoms with van der Waals surface area (Å²) in [6.45, 7) is 14.2. The zero-order chi connectivity index (χ0) is 30.2. The average molecular weight is 621 g/mol. The molecular weight excluding hydrogens is 560 g/mol. The van der Waals surface area contributed by atoms with Gasteiger partial charge in [-0.3, -0.25) is 0 Å². The molecule has 0 saturated carbocycles. The van der Waals surface area contributed by atoms with Crippen LogP contribution >= 0.6 is 11.8 Å². The van der Waals surface area contributed by atoms with Crippen LogP contribution in [0.1, 0.15) is 26.7 Å². The van der Waals surface area contributed by atoms with Crippen molar-refractivity contribution < 1.29 is 57.6 Å². The van der Waals surface area contributed by atoms with Crippen LogP contribution in [-0.2, 0) is 47.4 Å². The molecule has 41 heavy (non-hydrogen) atoms. The monoisotopic (exact) mass is 620 g/mol. The van der Waals surface area contributed by atoms with Gasteiger partial charge >= 0.3 is 0 Å². The maximum atomic E-state index is 8.54. The fourth-order valence-corrected chi connectivity index (χ4v) is 3.38. The highest BCUT2D eigenvalue weighted by molar-refractivity contribution is 7.99. The molecule has 0 amide bonds. The predicted molar refractivity (Wildman–Crippen MR) is 160 cm³/mol. The van der Waals surface area contributed by atoms with Crippen LogP contribution in [0.3, 0.4) is 0 Å². The number of aliphatic hydroxyl groups is 2. The second-order valence-corrected chi connectivity index (χ2v) is 9.41. The van der Waals surface area contributed by atoms with Crippen molar-refractivity contribution in [3.63, 3.8) is 0 Å². The third-order valence-corrected chi connectivity index (χ3v) is 5.91. The molecule has 250 valence electrons. The van der Waals surface area contributed by atoms with Crippen LogP contribution in [0.25, 0.3) is 0 Å². The summed E-state index contributed by atoms with van der Waals surface area (Å²) in [5, 5.41) is 17.1. The standard InChI is InChI=1S/C22H46O12.C6H14S/c23-1-3-25-5-7-27-9-11-29-13-15-31-17-19-33-21-22-34-20-18-32-16-14-30-12-10-28-8-6-26-4-2-24;1-3-5-7-6-4-2/h23-24H,1-22H2;3-6H2,1-2H3. The molecule has 0 aliphatic rings. The zero-order valence-corrected chi connectivity index (χ0v) is 26.6. The first-order valence-electron chi connectivity index (χ1n) is 14.9. The molecule has 0 bridgehead atoms. The first-order chi connectivity index (χ1) is 20.3. The van der Waals surface area contributed by atoms with Gasteiger partial charge in [0.2, 0.25) is 0 Å². The van der Waals surface area contributed by atoms with Crippen LogP contribution in [0.4, 0.5) is 0 Å². The summed E-state index contributed by atoms with van der Waals surface area (Å²) in [5.41, 5.74) is 0. The van der Waals surface area contributed by atoms with Gasteiger partial charge in [-0.25, -0.2) is 0 Å². The van der Waals surface area contributed by atoms with Crippen LogP contribution in [0.5, 0.6) is 0 Å². The Bertz CT molecular complexity index is 392. The molecule has 0 spiro atoms. The van der Waals surface area contributed by atoms with Crippen molar-refractivity contribution in [3.8, 4) is 0 Å². The van der Waals surface area contributed by atoms with Gasteiger partial charge < -0.3 is 57.6 Å². The molecule has 13 heteroatoms. The fourth-order valence-electron chi connectivity index (χ4n) is 2.60. The van der Waals surface area contributed by atoms with E-state index in [0.29, 0.717) is 132 Å². The second kappa shape index (κ2) is 44.3. The highest BCUT2D eigenvalue weighted by atomic mass is 32.2. The molecule has 0 saturated heterocycles. The van der Waals surface area contributed by atoms with E-state index in [-0.39, 0.29) is 13.2 Å². The highest BCUT2D eigenvalue weighted by Gasteiger charge is 1.95. The van der Waals surface area contributed by atoms with Gasteiger partial charge in [-0.05, 0) is 24.3 Å². The number of hydrogen-bond donors (Lipinski definition) is 2. The fraction of sp³-hybridized carbons (Fsp3) is 1.00. The molecule has 0 aromatic rings. The maximum Gasteiger partial charge on any atom is 0.0701 e. The van der Waals surface area contributed by atoms with E-state index in [1.165, 1.54) is 24.3 Å². The quantitative estimate of drug-likeness (QED) is 0.0997. The van der Waals surface area contributed by atoms with Gasteiger partial charge in [-0.1, -0.05) is 13.8 Å². The predicted octanol–water partition coefficient (Wildman–Crippen LogP) is 1.68. The Labute approximate surface area is 252 Å². The Morgan fingerprint density at radius 3 is 0.634 bits per heavy atom. The summed E-state index contributed by atoms with van der Waals surface area (Å²) >= 11 is 2.05. The van der Waals surface area contributed by atoms with E-state index in [1.54, 1.807) is 0 Å². The lowest BCUT2D eigenvalue weighted by Crippen LogP contribution is -2.15. The third kappa shape index (κ3) is 47.0. The molecule has 0 aliphatic carbocycles. The number of thioether (sulfide) groups is 1. The molecule has 0 unspecified atom stereocenters. The minimum atomic E-state index is 0.0265. The van der Waals surface area contributed by atoms with E-state index in [2.05, 4.69) is 25.6 Å². The van der Waals surface area contributed by atoms with Gasteiger partial charge in [0, 0.05) is 0 Å². The molecule has 0 radical (unpaired) electrons. The van der Waals surface area contributed by atoms with Crippen molar-refractivity contribution in [1.82, 2.24) is 0 Å². The zero-order valence-electron chi connectivity index (χ0n) is 25.8. The largest absolute Gasteiger partial charge is 0.394 e. The van der Waals surface area contributed by atoms with Crippen molar-refractivity contribution in [1.29, 1.82) is 0 Å². The lowest BCUT2D eigenvalue weighted by atomic mass is 10.6. The molecule has 0 aromatic heterocycles. The smallest absolute Gasteiger partial charge is 0.0701 e. The van der Waals surface area contributed by atoms with Gasteiger partial charge in [-0.15, -0.1) is 0 Å². The lowest BCUT2D eigenvalue weighted by molar-refractivity contribution is -0.0271. The molecule has 0 aliphatic heterocycles. The minimum absolute atomic E-state index is 0.0265. The van der Waals surface area contributed by atoms with Crippen LogP contribution in [0, 0.1) is 0 Å². The number of aliphatic hydroxyl groups excluding tert-OH is 2. The van der Waals surface area contributed by atoms with Gasteiger partial charge in [0.05, 0.1) is 145 Å². The normalized spacial score (nSPS) is 11.1. The first kappa shape index (κ1) is 43.0. The van der Waals surface area contributed by atoms with Crippen LogP contribution in [-0.4, -0.2) is 167 Å². The topological polar surface area (TPSA) is 133 Å². The molecule has 0 fully saturated rings. The van der Waals surface area contributed by atoms with Crippen molar-refractivity contribution in [2.45, 2.75) is 26.7 Å². The van der Waals surface area contributed by atoms with E-state index in [1.807, 2.05) is 0 Å². The minimum Gasteiger partial charge on any atom is -0.394 e. The molecule has 0 aromatic carbocycles. The van der Waals surface area contributed by atoms with Crippen LogP contribution in [0.2, 0.25) is 0 Å².